The first-order valence-corrected chi connectivity index (χ1v) is 4.64. The molecule has 0 unspecified atom stereocenters. The van der Waals surface area contributed by atoms with Gasteiger partial charge < -0.3 is 15.2 Å². The molecule has 0 saturated carbocycles. The molecule has 0 aromatic heterocycles. The van der Waals surface area contributed by atoms with Crippen molar-refractivity contribution in [2.24, 2.45) is 5.73 Å². The largest absolute Gasteiger partial charge is 0.495 e. The average Bonchev–Trinajstić information content (AvgIpc) is 2.27. The fourth-order valence-electron chi connectivity index (χ4n) is 1.13. The maximum atomic E-state index is 11.2. The molecule has 4 nitrogen and oxygen atoms in total. The third kappa shape index (κ3) is 2.61. The van der Waals surface area contributed by atoms with Crippen molar-refractivity contribution in [3.05, 3.63) is 28.8 Å². The lowest BCUT2D eigenvalue weighted by molar-refractivity contribution is -0.142. The van der Waals surface area contributed by atoms with Crippen molar-refractivity contribution >= 4 is 17.6 Å². The van der Waals surface area contributed by atoms with Gasteiger partial charge in [-0.3, -0.25) is 4.79 Å². The zero-order valence-electron chi connectivity index (χ0n) is 8.49. The summed E-state index contributed by atoms with van der Waals surface area (Å²) >= 11 is 5.83. The lowest BCUT2D eigenvalue weighted by atomic mass is 10.1. The Labute approximate surface area is 92.9 Å². The number of hydrogen-bond acceptors (Lipinski definition) is 4. The molecule has 1 atom stereocenters. The topological polar surface area (TPSA) is 61.5 Å². The molecule has 5 heteroatoms. The van der Waals surface area contributed by atoms with Crippen LogP contribution in [0.5, 0.6) is 5.75 Å². The molecule has 0 amide bonds. The summed E-state index contributed by atoms with van der Waals surface area (Å²) in [6.07, 6.45) is 0. The van der Waals surface area contributed by atoms with Gasteiger partial charge in [-0.25, -0.2) is 0 Å². The second-order valence-electron chi connectivity index (χ2n) is 2.89. The van der Waals surface area contributed by atoms with Gasteiger partial charge in [0, 0.05) is 0 Å². The SMILES string of the molecule is COC(=O)[C@@H](N)c1ccc(Cl)c(OC)c1. The van der Waals surface area contributed by atoms with E-state index >= 15 is 0 Å². The number of halogens is 1. The number of esters is 1. The van der Waals surface area contributed by atoms with Crippen LogP contribution in [0.3, 0.4) is 0 Å². The maximum absolute atomic E-state index is 11.2. The molecule has 0 radical (unpaired) electrons. The molecule has 0 fully saturated rings. The summed E-state index contributed by atoms with van der Waals surface area (Å²) in [4.78, 5) is 11.2. The van der Waals surface area contributed by atoms with E-state index in [1.165, 1.54) is 14.2 Å². The van der Waals surface area contributed by atoms with Crippen LogP contribution in [0.15, 0.2) is 18.2 Å². The average molecular weight is 230 g/mol. The zero-order valence-corrected chi connectivity index (χ0v) is 9.25. The number of methoxy groups -OCH3 is 2. The lowest BCUT2D eigenvalue weighted by Gasteiger charge is -2.11. The molecule has 0 saturated heterocycles. The van der Waals surface area contributed by atoms with Gasteiger partial charge in [0.1, 0.15) is 11.8 Å². The number of benzene rings is 1. The molecule has 2 N–H and O–H groups in total. The van der Waals surface area contributed by atoms with Crippen LogP contribution in [0, 0.1) is 0 Å². The molecular formula is C10H12ClNO3. The van der Waals surface area contributed by atoms with E-state index in [4.69, 9.17) is 22.1 Å². The van der Waals surface area contributed by atoms with Crippen molar-refractivity contribution in [2.45, 2.75) is 6.04 Å². The van der Waals surface area contributed by atoms with Crippen LogP contribution in [0.4, 0.5) is 0 Å². The first-order valence-electron chi connectivity index (χ1n) is 4.27. The molecule has 0 aliphatic carbocycles. The maximum Gasteiger partial charge on any atom is 0.327 e. The van der Waals surface area contributed by atoms with E-state index in [0.717, 1.165) is 0 Å². The molecule has 1 aromatic carbocycles. The van der Waals surface area contributed by atoms with E-state index in [9.17, 15) is 4.79 Å². The monoisotopic (exact) mass is 229 g/mol. The molecule has 0 bridgehead atoms. The van der Waals surface area contributed by atoms with Gasteiger partial charge in [0.05, 0.1) is 19.2 Å². The van der Waals surface area contributed by atoms with Gasteiger partial charge in [0.25, 0.3) is 0 Å². The second kappa shape index (κ2) is 5.00. The summed E-state index contributed by atoms with van der Waals surface area (Å²) in [5.41, 5.74) is 6.25. The summed E-state index contributed by atoms with van der Waals surface area (Å²) < 4.78 is 9.54. The quantitative estimate of drug-likeness (QED) is 0.799. The van der Waals surface area contributed by atoms with E-state index in [0.29, 0.717) is 16.3 Å². The van der Waals surface area contributed by atoms with Gasteiger partial charge in [-0.15, -0.1) is 0 Å². The Hall–Kier alpha value is -1.26. The van der Waals surface area contributed by atoms with Crippen LogP contribution < -0.4 is 10.5 Å². The minimum absolute atomic E-state index is 0.471. The van der Waals surface area contributed by atoms with Crippen molar-refractivity contribution in [2.75, 3.05) is 14.2 Å². The number of ether oxygens (including phenoxy) is 2. The third-order valence-corrected chi connectivity index (χ3v) is 2.30. The van der Waals surface area contributed by atoms with Gasteiger partial charge in [0.2, 0.25) is 0 Å². The second-order valence-corrected chi connectivity index (χ2v) is 3.30. The van der Waals surface area contributed by atoms with Crippen molar-refractivity contribution in [1.29, 1.82) is 0 Å². The van der Waals surface area contributed by atoms with E-state index in [-0.39, 0.29) is 0 Å². The fraction of sp³-hybridized carbons (Fsp3) is 0.300. The normalized spacial score (nSPS) is 12.0. The molecule has 1 aromatic rings. The van der Waals surface area contributed by atoms with E-state index in [1.54, 1.807) is 18.2 Å². The highest BCUT2D eigenvalue weighted by molar-refractivity contribution is 6.32. The molecular weight excluding hydrogens is 218 g/mol. The summed E-state index contributed by atoms with van der Waals surface area (Å²) in [5, 5.41) is 0.471. The molecule has 0 heterocycles. The first-order chi connectivity index (χ1) is 7.10. The van der Waals surface area contributed by atoms with E-state index in [2.05, 4.69) is 4.74 Å². The molecule has 0 spiro atoms. The zero-order chi connectivity index (χ0) is 11.4. The Morgan fingerprint density at radius 3 is 2.67 bits per heavy atom. The Balaban J connectivity index is 3.00. The highest BCUT2D eigenvalue weighted by atomic mass is 35.5. The van der Waals surface area contributed by atoms with Crippen LogP contribution in [0.1, 0.15) is 11.6 Å². The number of carbonyl (C=O) groups is 1. The highest BCUT2D eigenvalue weighted by Crippen LogP contribution is 2.27. The third-order valence-electron chi connectivity index (χ3n) is 1.99. The smallest absolute Gasteiger partial charge is 0.327 e. The van der Waals surface area contributed by atoms with Crippen molar-refractivity contribution in [1.82, 2.24) is 0 Å². The molecule has 0 aliphatic rings. The standard InChI is InChI=1S/C10H12ClNO3/c1-14-8-5-6(3-4-7(8)11)9(12)10(13)15-2/h3-5,9H,12H2,1-2H3/t9-/m0/s1. The van der Waals surface area contributed by atoms with Crippen molar-refractivity contribution in [3.63, 3.8) is 0 Å². The van der Waals surface area contributed by atoms with Gasteiger partial charge in [-0.05, 0) is 17.7 Å². The fourth-order valence-corrected chi connectivity index (χ4v) is 1.33. The number of hydrogen-bond donors (Lipinski definition) is 1. The van der Waals surface area contributed by atoms with Crippen LogP contribution >= 0.6 is 11.6 Å². The van der Waals surface area contributed by atoms with Gasteiger partial charge in [-0.1, -0.05) is 17.7 Å². The summed E-state index contributed by atoms with van der Waals surface area (Å²) in [7, 11) is 2.78. The summed E-state index contributed by atoms with van der Waals surface area (Å²) in [6.45, 7) is 0. The van der Waals surface area contributed by atoms with Crippen LogP contribution in [-0.2, 0) is 9.53 Å². The Kier molecular flexibility index (Phi) is 3.94. The summed E-state index contributed by atoms with van der Waals surface area (Å²) in [5.74, 6) is -0.0205. The number of nitrogens with two attached hydrogens (primary N) is 1. The lowest BCUT2D eigenvalue weighted by Crippen LogP contribution is -2.22. The first kappa shape index (κ1) is 11.8. The Bertz CT molecular complexity index is 368. The van der Waals surface area contributed by atoms with E-state index in [1.807, 2.05) is 0 Å². The Morgan fingerprint density at radius 1 is 1.47 bits per heavy atom. The highest BCUT2D eigenvalue weighted by Gasteiger charge is 2.17. The van der Waals surface area contributed by atoms with Gasteiger partial charge in [-0.2, -0.15) is 0 Å². The van der Waals surface area contributed by atoms with Gasteiger partial charge >= 0.3 is 5.97 Å². The van der Waals surface area contributed by atoms with Crippen molar-refractivity contribution < 1.29 is 14.3 Å². The molecule has 1 rings (SSSR count). The Morgan fingerprint density at radius 2 is 2.13 bits per heavy atom. The van der Waals surface area contributed by atoms with Crippen LogP contribution in [-0.4, -0.2) is 20.2 Å². The molecule has 0 aliphatic heterocycles. The number of rotatable bonds is 3. The molecule has 15 heavy (non-hydrogen) atoms. The van der Waals surface area contributed by atoms with E-state index < -0.39 is 12.0 Å². The molecule has 82 valence electrons. The van der Waals surface area contributed by atoms with Crippen LogP contribution in [0.25, 0.3) is 0 Å². The predicted octanol–water partition coefficient (Wildman–Crippen LogP) is 1.52. The number of carbonyl (C=O) groups excluding carboxylic acids is 1. The van der Waals surface area contributed by atoms with Crippen LogP contribution in [0.2, 0.25) is 5.02 Å². The summed E-state index contributed by atoms with van der Waals surface area (Å²) in [6, 6.07) is 4.08. The minimum atomic E-state index is -0.818. The minimum Gasteiger partial charge on any atom is -0.495 e. The van der Waals surface area contributed by atoms with Crippen molar-refractivity contribution in [3.8, 4) is 5.75 Å². The van der Waals surface area contributed by atoms with Gasteiger partial charge in [0.15, 0.2) is 0 Å². The predicted molar refractivity (Wildman–Crippen MR) is 56.9 cm³/mol.